The van der Waals surface area contributed by atoms with Crippen molar-refractivity contribution in [3.63, 3.8) is 0 Å². The monoisotopic (exact) mass is 341 g/mol. The van der Waals surface area contributed by atoms with Gasteiger partial charge in [0, 0.05) is 23.8 Å². The molecule has 0 fully saturated rings. The van der Waals surface area contributed by atoms with Crippen molar-refractivity contribution < 1.29 is 4.79 Å². The summed E-state index contributed by atoms with van der Waals surface area (Å²) in [7, 11) is 0. The Morgan fingerprint density at radius 2 is 2.04 bits per heavy atom. The van der Waals surface area contributed by atoms with E-state index in [9.17, 15) is 4.79 Å². The van der Waals surface area contributed by atoms with E-state index < -0.39 is 0 Å². The molecule has 1 N–H and O–H groups in total. The molecule has 0 spiro atoms. The molecule has 3 rings (SSSR count). The summed E-state index contributed by atoms with van der Waals surface area (Å²) in [5.74, 6) is 0.0530. The number of pyridine rings is 1. The predicted molar refractivity (Wildman–Crippen MR) is 96.2 cm³/mol. The predicted octanol–water partition coefficient (Wildman–Crippen LogP) is 3.94. The number of carbonyl (C=O) groups is 1. The number of benzene rings is 1. The number of imidazole rings is 1. The molecule has 0 aliphatic carbocycles. The molecule has 0 aliphatic rings. The van der Waals surface area contributed by atoms with E-state index in [2.05, 4.69) is 10.3 Å². The van der Waals surface area contributed by atoms with Crippen LogP contribution >= 0.6 is 11.6 Å². The SMILES string of the molecule is Cc1ccn2cc(CNC(=O)CCCc3ccc(Cl)cc3)nc2c1. The first-order chi connectivity index (χ1) is 11.6. The van der Waals surface area contributed by atoms with Gasteiger partial charge in [-0.15, -0.1) is 0 Å². The zero-order chi connectivity index (χ0) is 16.9. The van der Waals surface area contributed by atoms with Gasteiger partial charge in [-0.05, 0) is 55.2 Å². The van der Waals surface area contributed by atoms with E-state index >= 15 is 0 Å². The Balaban J connectivity index is 1.45. The van der Waals surface area contributed by atoms with Gasteiger partial charge in [0.1, 0.15) is 5.65 Å². The Kier molecular flexibility index (Phi) is 5.16. The molecular weight excluding hydrogens is 322 g/mol. The quantitative estimate of drug-likeness (QED) is 0.738. The van der Waals surface area contributed by atoms with Gasteiger partial charge < -0.3 is 9.72 Å². The number of hydrogen-bond donors (Lipinski definition) is 1. The van der Waals surface area contributed by atoms with Gasteiger partial charge >= 0.3 is 0 Å². The van der Waals surface area contributed by atoms with E-state index in [1.54, 1.807) is 0 Å². The molecule has 5 heteroatoms. The molecule has 3 aromatic rings. The topological polar surface area (TPSA) is 46.4 Å². The van der Waals surface area contributed by atoms with Crippen LogP contribution < -0.4 is 5.32 Å². The third-order valence-electron chi connectivity index (χ3n) is 3.91. The van der Waals surface area contributed by atoms with Crippen LogP contribution in [-0.4, -0.2) is 15.3 Å². The van der Waals surface area contributed by atoms with E-state index in [0.29, 0.717) is 13.0 Å². The van der Waals surface area contributed by atoms with Gasteiger partial charge in [0.25, 0.3) is 0 Å². The van der Waals surface area contributed by atoms with E-state index in [0.717, 1.165) is 29.2 Å². The molecule has 2 aromatic heterocycles. The zero-order valence-electron chi connectivity index (χ0n) is 13.6. The Labute approximate surface area is 146 Å². The first-order valence-corrected chi connectivity index (χ1v) is 8.43. The molecule has 2 heterocycles. The fourth-order valence-corrected chi connectivity index (χ4v) is 2.73. The van der Waals surface area contributed by atoms with E-state index in [1.165, 1.54) is 11.1 Å². The summed E-state index contributed by atoms with van der Waals surface area (Å²) in [5.41, 5.74) is 4.14. The number of aromatic nitrogens is 2. The van der Waals surface area contributed by atoms with Crippen LogP contribution in [0, 0.1) is 6.92 Å². The summed E-state index contributed by atoms with van der Waals surface area (Å²) in [6.07, 6.45) is 6.13. The molecule has 0 atom stereocenters. The lowest BCUT2D eigenvalue weighted by molar-refractivity contribution is -0.121. The second-order valence-corrected chi connectivity index (χ2v) is 6.39. The number of nitrogens with zero attached hydrogens (tertiary/aromatic N) is 2. The average Bonchev–Trinajstić information content (AvgIpc) is 2.97. The number of rotatable bonds is 6. The Hall–Kier alpha value is -2.33. The van der Waals surface area contributed by atoms with Crippen LogP contribution in [0.15, 0.2) is 48.8 Å². The molecule has 0 saturated heterocycles. The molecule has 4 nitrogen and oxygen atoms in total. The summed E-state index contributed by atoms with van der Waals surface area (Å²) in [6, 6.07) is 11.8. The molecule has 0 radical (unpaired) electrons. The second kappa shape index (κ2) is 7.49. The van der Waals surface area contributed by atoms with E-state index in [1.807, 2.05) is 60.1 Å². The van der Waals surface area contributed by atoms with Crippen molar-refractivity contribution >= 4 is 23.2 Å². The smallest absolute Gasteiger partial charge is 0.220 e. The van der Waals surface area contributed by atoms with Crippen LogP contribution in [0.2, 0.25) is 5.02 Å². The van der Waals surface area contributed by atoms with Gasteiger partial charge in [-0.25, -0.2) is 4.98 Å². The van der Waals surface area contributed by atoms with Crippen LogP contribution in [0.3, 0.4) is 0 Å². The van der Waals surface area contributed by atoms with Gasteiger partial charge in [0.15, 0.2) is 0 Å². The lowest BCUT2D eigenvalue weighted by Gasteiger charge is -2.04. The highest BCUT2D eigenvalue weighted by Crippen LogP contribution is 2.12. The van der Waals surface area contributed by atoms with Crippen molar-refractivity contribution in [1.82, 2.24) is 14.7 Å². The van der Waals surface area contributed by atoms with Crippen LogP contribution in [-0.2, 0) is 17.8 Å². The van der Waals surface area contributed by atoms with Gasteiger partial charge in [-0.1, -0.05) is 23.7 Å². The summed E-state index contributed by atoms with van der Waals surface area (Å²) in [6.45, 7) is 2.50. The van der Waals surface area contributed by atoms with Crippen molar-refractivity contribution in [2.24, 2.45) is 0 Å². The maximum absolute atomic E-state index is 12.0. The van der Waals surface area contributed by atoms with E-state index in [4.69, 9.17) is 11.6 Å². The molecular formula is C19H20ClN3O. The van der Waals surface area contributed by atoms with Crippen LogP contribution in [0.25, 0.3) is 5.65 Å². The van der Waals surface area contributed by atoms with Crippen molar-refractivity contribution in [3.8, 4) is 0 Å². The van der Waals surface area contributed by atoms with Crippen molar-refractivity contribution in [2.45, 2.75) is 32.7 Å². The number of nitrogens with one attached hydrogen (secondary N) is 1. The Morgan fingerprint density at radius 3 is 2.83 bits per heavy atom. The number of halogens is 1. The van der Waals surface area contributed by atoms with E-state index in [-0.39, 0.29) is 5.91 Å². The standard InChI is InChI=1S/C19H20ClN3O/c1-14-9-10-23-13-17(22-18(23)11-14)12-21-19(24)4-2-3-15-5-7-16(20)8-6-15/h5-11,13H,2-4,12H2,1H3,(H,21,24). The van der Waals surface area contributed by atoms with Gasteiger partial charge in [-0.2, -0.15) is 0 Å². The number of fused-ring (bicyclic) bond motifs is 1. The minimum absolute atomic E-state index is 0.0530. The lowest BCUT2D eigenvalue weighted by atomic mass is 10.1. The molecule has 0 saturated carbocycles. The van der Waals surface area contributed by atoms with Crippen LogP contribution in [0.4, 0.5) is 0 Å². The highest BCUT2D eigenvalue weighted by atomic mass is 35.5. The minimum Gasteiger partial charge on any atom is -0.350 e. The van der Waals surface area contributed by atoms with Crippen molar-refractivity contribution in [2.75, 3.05) is 0 Å². The summed E-state index contributed by atoms with van der Waals surface area (Å²) >= 11 is 5.86. The molecule has 124 valence electrons. The van der Waals surface area contributed by atoms with Crippen molar-refractivity contribution in [1.29, 1.82) is 0 Å². The normalized spacial score (nSPS) is 10.9. The Morgan fingerprint density at radius 1 is 1.25 bits per heavy atom. The number of aryl methyl sites for hydroxylation is 2. The summed E-state index contributed by atoms with van der Waals surface area (Å²) < 4.78 is 1.97. The summed E-state index contributed by atoms with van der Waals surface area (Å²) in [4.78, 5) is 16.5. The molecule has 24 heavy (non-hydrogen) atoms. The van der Waals surface area contributed by atoms with Gasteiger partial charge in [-0.3, -0.25) is 4.79 Å². The third-order valence-corrected chi connectivity index (χ3v) is 4.17. The highest BCUT2D eigenvalue weighted by molar-refractivity contribution is 6.30. The molecule has 1 aromatic carbocycles. The van der Waals surface area contributed by atoms with Gasteiger partial charge in [0.2, 0.25) is 5.91 Å². The maximum atomic E-state index is 12.0. The van der Waals surface area contributed by atoms with Gasteiger partial charge in [0.05, 0.1) is 12.2 Å². The zero-order valence-corrected chi connectivity index (χ0v) is 14.4. The third kappa shape index (κ3) is 4.36. The number of hydrogen-bond acceptors (Lipinski definition) is 2. The lowest BCUT2D eigenvalue weighted by Crippen LogP contribution is -2.22. The largest absolute Gasteiger partial charge is 0.350 e. The maximum Gasteiger partial charge on any atom is 0.220 e. The first kappa shape index (κ1) is 16.5. The fourth-order valence-electron chi connectivity index (χ4n) is 2.60. The minimum atomic E-state index is 0.0530. The fraction of sp³-hybridized carbons (Fsp3) is 0.263. The average molecular weight is 342 g/mol. The molecule has 1 amide bonds. The molecule has 0 bridgehead atoms. The second-order valence-electron chi connectivity index (χ2n) is 5.96. The Bertz CT molecular complexity index is 839. The number of carbonyl (C=O) groups excluding carboxylic acids is 1. The highest BCUT2D eigenvalue weighted by Gasteiger charge is 2.05. The van der Waals surface area contributed by atoms with Crippen LogP contribution in [0.1, 0.15) is 29.7 Å². The molecule has 0 aliphatic heterocycles. The number of amides is 1. The summed E-state index contributed by atoms with van der Waals surface area (Å²) in [5, 5.41) is 3.67. The van der Waals surface area contributed by atoms with Crippen LogP contribution in [0.5, 0.6) is 0 Å². The first-order valence-electron chi connectivity index (χ1n) is 8.05. The molecule has 0 unspecified atom stereocenters. The van der Waals surface area contributed by atoms with Crippen molar-refractivity contribution in [3.05, 3.63) is 70.6 Å².